The van der Waals surface area contributed by atoms with Crippen LogP contribution in [0.2, 0.25) is 0 Å². The summed E-state index contributed by atoms with van der Waals surface area (Å²) >= 11 is 0. The monoisotopic (exact) mass is 262 g/mol. The Morgan fingerprint density at radius 3 is 2.61 bits per heavy atom. The molecular weight excluding hydrogens is 249 g/mol. The van der Waals surface area contributed by atoms with Gasteiger partial charge in [-0.2, -0.15) is 13.2 Å². The third-order valence-corrected chi connectivity index (χ3v) is 2.21. The van der Waals surface area contributed by atoms with E-state index in [1.54, 1.807) is 12.2 Å². The lowest BCUT2D eigenvalue weighted by Gasteiger charge is -2.08. The van der Waals surface area contributed by atoms with Gasteiger partial charge in [-0.1, -0.05) is 6.92 Å². The van der Waals surface area contributed by atoms with E-state index in [1.165, 1.54) is 23.0 Å². The van der Waals surface area contributed by atoms with Crippen LogP contribution in [-0.4, -0.2) is 29.0 Å². The molecule has 18 heavy (non-hydrogen) atoms. The summed E-state index contributed by atoms with van der Waals surface area (Å²) in [6.07, 6.45) is -1.16. The number of aromatic nitrogens is 1. The molecule has 4 nitrogen and oxygen atoms in total. The number of carbonyl (C=O) groups excluding carboxylic acids is 2. The number of rotatable bonds is 5. The van der Waals surface area contributed by atoms with Gasteiger partial charge in [0.2, 0.25) is 5.91 Å². The highest BCUT2D eigenvalue weighted by atomic mass is 19.4. The van der Waals surface area contributed by atoms with E-state index in [0.29, 0.717) is 12.0 Å². The van der Waals surface area contributed by atoms with Crippen LogP contribution in [0, 0.1) is 0 Å². The van der Waals surface area contributed by atoms with Gasteiger partial charge in [0.05, 0.1) is 0 Å². The van der Waals surface area contributed by atoms with E-state index in [9.17, 15) is 22.8 Å². The van der Waals surface area contributed by atoms with Gasteiger partial charge in [0.1, 0.15) is 13.1 Å². The van der Waals surface area contributed by atoms with E-state index >= 15 is 0 Å². The first kappa shape index (κ1) is 14.3. The predicted molar refractivity (Wildman–Crippen MR) is 58.1 cm³/mol. The van der Waals surface area contributed by atoms with Gasteiger partial charge < -0.3 is 9.88 Å². The van der Waals surface area contributed by atoms with Crippen LogP contribution in [0.25, 0.3) is 0 Å². The highest BCUT2D eigenvalue weighted by Gasteiger charge is 2.27. The van der Waals surface area contributed by atoms with Crippen molar-refractivity contribution in [3.05, 3.63) is 24.0 Å². The molecule has 0 aliphatic carbocycles. The molecule has 0 spiro atoms. The smallest absolute Gasteiger partial charge is 0.345 e. The van der Waals surface area contributed by atoms with E-state index in [1.807, 2.05) is 0 Å². The number of ketones is 1. The van der Waals surface area contributed by atoms with E-state index in [4.69, 9.17) is 0 Å². The number of amides is 1. The summed E-state index contributed by atoms with van der Waals surface area (Å²) in [5.41, 5.74) is 0.445. The first-order valence-electron chi connectivity index (χ1n) is 5.34. The van der Waals surface area contributed by atoms with Crippen molar-refractivity contribution in [2.24, 2.45) is 0 Å². The zero-order valence-electron chi connectivity index (χ0n) is 9.75. The minimum Gasteiger partial charge on any atom is -0.345 e. The molecule has 1 rings (SSSR count). The second kappa shape index (κ2) is 5.70. The molecule has 100 valence electrons. The summed E-state index contributed by atoms with van der Waals surface area (Å²) in [6, 6.07) is 1.53. The number of hydrogen-bond donors (Lipinski definition) is 1. The SMILES string of the molecule is CCC(=O)c1ccn(CC(=O)NCC(F)(F)F)c1. The molecule has 1 aromatic heterocycles. The van der Waals surface area contributed by atoms with Gasteiger partial charge in [0.25, 0.3) is 0 Å². The van der Waals surface area contributed by atoms with Crippen LogP contribution in [0.15, 0.2) is 18.5 Å². The minimum absolute atomic E-state index is 0.0792. The lowest BCUT2D eigenvalue weighted by atomic mass is 10.2. The fourth-order valence-corrected chi connectivity index (χ4v) is 1.33. The molecule has 0 radical (unpaired) electrons. The molecule has 0 saturated heterocycles. The zero-order chi connectivity index (χ0) is 13.8. The number of carbonyl (C=O) groups is 2. The summed E-state index contributed by atoms with van der Waals surface area (Å²) in [5.74, 6) is -0.831. The predicted octanol–water partition coefficient (Wildman–Crippen LogP) is 1.76. The highest BCUT2D eigenvalue weighted by molar-refractivity contribution is 5.95. The Balaban J connectivity index is 2.50. The number of halogens is 3. The largest absolute Gasteiger partial charge is 0.405 e. The standard InChI is InChI=1S/C11H13F3N2O2/c1-2-9(17)8-3-4-16(5-8)6-10(18)15-7-11(12,13)14/h3-5H,2,6-7H2,1H3,(H,15,18). The first-order valence-corrected chi connectivity index (χ1v) is 5.34. The molecular formula is C11H13F3N2O2. The van der Waals surface area contributed by atoms with Gasteiger partial charge in [-0.15, -0.1) is 0 Å². The second-order valence-corrected chi connectivity index (χ2v) is 3.74. The number of Topliss-reactive ketones (excluding diaryl/α,β-unsaturated/α-hetero) is 1. The van der Waals surface area contributed by atoms with Gasteiger partial charge in [-0.25, -0.2) is 0 Å². The minimum atomic E-state index is -4.42. The summed E-state index contributed by atoms with van der Waals surface area (Å²) in [4.78, 5) is 22.5. The first-order chi connectivity index (χ1) is 8.31. The molecule has 0 unspecified atom stereocenters. The Hall–Kier alpha value is -1.79. The highest BCUT2D eigenvalue weighted by Crippen LogP contribution is 2.12. The molecule has 7 heteroatoms. The topological polar surface area (TPSA) is 51.1 Å². The van der Waals surface area contributed by atoms with Crippen LogP contribution in [0.3, 0.4) is 0 Å². The van der Waals surface area contributed by atoms with Gasteiger partial charge in [-0.3, -0.25) is 9.59 Å². The molecule has 0 saturated carbocycles. The van der Waals surface area contributed by atoms with E-state index < -0.39 is 18.6 Å². The Kier molecular flexibility index (Phi) is 4.52. The third-order valence-electron chi connectivity index (χ3n) is 2.21. The Morgan fingerprint density at radius 1 is 1.39 bits per heavy atom. The average Bonchev–Trinajstić information content (AvgIpc) is 2.73. The van der Waals surface area contributed by atoms with Crippen molar-refractivity contribution < 1.29 is 22.8 Å². The molecule has 0 aliphatic rings. The zero-order valence-corrected chi connectivity index (χ0v) is 9.75. The fraction of sp³-hybridized carbons (Fsp3) is 0.455. The molecule has 0 fully saturated rings. The summed E-state index contributed by atoms with van der Waals surface area (Å²) in [7, 11) is 0. The van der Waals surface area contributed by atoms with Crippen LogP contribution in [0.4, 0.5) is 13.2 Å². The fourth-order valence-electron chi connectivity index (χ4n) is 1.33. The molecule has 1 amide bonds. The summed E-state index contributed by atoms with van der Waals surface area (Å²) < 4.78 is 36.9. The van der Waals surface area contributed by atoms with Crippen molar-refractivity contribution in [2.45, 2.75) is 26.1 Å². The lowest BCUT2D eigenvalue weighted by molar-refractivity contribution is -0.138. The van der Waals surface area contributed by atoms with Crippen molar-refractivity contribution in [1.29, 1.82) is 0 Å². The molecule has 0 aliphatic heterocycles. The number of nitrogens with zero attached hydrogens (tertiary/aromatic N) is 1. The van der Waals surface area contributed by atoms with Crippen molar-refractivity contribution in [3.63, 3.8) is 0 Å². The molecule has 1 heterocycles. The Morgan fingerprint density at radius 2 is 2.06 bits per heavy atom. The van der Waals surface area contributed by atoms with Crippen molar-refractivity contribution in [2.75, 3.05) is 6.54 Å². The number of hydrogen-bond acceptors (Lipinski definition) is 2. The van der Waals surface area contributed by atoms with E-state index in [0.717, 1.165) is 0 Å². The van der Waals surface area contributed by atoms with Crippen LogP contribution >= 0.6 is 0 Å². The van der Waals surface area contributed by atoms with Crippen LogP contribution in [0.5, 0.6) is 0 Å². The quantitative estimate of drug-likeness (QED) is 0.822. The van der Waals surface area contributed by atoms with Crippen LogP contribution in [-0.2, 0) is 11.3 Å². The second-order valence-electron chi connectivity index (χ2n) is 3.74. The third kappa shape index (κ3) is 4.60. The van der Waals surface area contributed by atoms with Gasteiger partial charge in [0, 0.05) is 24.4 Å². The molecule has 0 bridgehead atoms. The van der Waals surface area contributed by atoms with Crippen LogP contribution in [0.1, 0.15) is 23.7 Å². The molecule has 1 aromatic rings. The lowest BCUT2D eigenvalue weighted by Crippen LogP contribution is -2.35. The average molecular weight is 262 g/mol. The maximum Gasteiger partial charge on any atom is 0.405 e. The molecule has 0 aromatic carbocycles. The molecule has 1 N–H and O–H groups in total. The van der Waals surface area contributed by atoms with Gasteiger partial charge in [-0.05, 0) is 6.07 Å². The van der Waals surface area contributed by atoms with E-state index in [2.05, 4.69) is 0 Å². The van der Waals surface area contributed by atoms with Crippen molar-refractivity contribution in [3.8, 4) is 0 Å². The maximum atomic E-state index is 11.8. The summed E-state index contributed by atoms with van der Waals surface area (Å²) in [6.45, 7) is 0.108. The molecule has 0 atom stereocenters. The van der Waals surface area contributed by atoms with Crippen LogP contribution < -0.4 is 5.32 Å². The van der Waals surface area contributed by atoms with Crippen molar-refractivity contribution >= 4 is 11.7 Å². The Labute approximate surface area is 102 Å². The normalized spacial score (nSPS) is 11.3. The maximum absolute atomic E-state index is 11.8. The number of nitrogens with one attached hydrogen (secondary N) is 1. The van der Waals surface area contributed by atoms with E-state index in [-0.39, 0.29) is 12.3 Å². The Bertz CT molecular complexity index is 438. The van der Waals surface area contributed by atoms with Crippen molar-refractivity contribution in [1.82, 2.24) is 9.88 Å². The summed E-state index contributed by atoms with van der Waals surface area (Å²) in [5, 5.41) is 1.75. The number of alkyl halides is 3. The van der Waals surface area contributed by atoms with Gasteiger partial charge in [0.15, 0.2) is 5.78 Å². The van der Waals surface area contributed by atoms with Gasteiger partial charge >= 0.3 is 6.18 Å².